The third-order valence-electron chi connectivity index (χ3n) is 4.13. The summed E-state index contributed by atoms with van der Waals surface area (Å²) >= 11 is 0. The van der Waals surface area contributed by atoms with E-state index in [1.165, 1.54) is 0 Å². The number of nitrogens with zero attached hydrogens (tertiary/aromatic N) is 1. The molecule has 0 atom stereocenters. The van der Waals surface area contributed by atoms with Crippen molar-refractivity contribution in [2.45, 2.75) is 39.2 Å². The fraction of sp³-hybridized carbons (Fsp3) is 0.333. The van der Waals surface area contributed by atoms with Crippen LogP contribution in [0.25, 0.3) is 11.0 Å². The molecule has 1 aromatic carbocycles. The van der Waals surface area contributed by atoms with Crippen molar-refractivity contribution in [1.29, 1.82) is 0 Å². The lowest BCUT2D eigenvalue weighted by atomic mass is 10.1. The SMILES string of the molecule is CCCCCn1c(=O)[nH]c(=O)c2c(Cc3ccccc3)c[nH]c21. The van der Waals surface area contributed by atoms with E-state index >= 15 is 0 Å². The molecule has 5 heteroatoms. The fourth-order valence-electron chi connectivity index (χ4n) is 2.94. The van der Waals surface area contributed by atoms with Gasteiger partial charge in [-0.2, -0.15) is 0 Å². The fourth-order valence-corrected chi connectivity index (χ4v) is 2.94. The molecule has 0 aliphatic heterocycles. The van der Waals surface area contributed by atoms with Gasteiger partial charge in [0.25, 0.3) is 5.56 Å². The normalized spacial score (nSPS) is 11.2. The number of nitrogens with one attached hydrogen (secondary N) is 2. The second-order valence-corrected chi connectivity index (χ2v) is 5.82. The topological polar surface area (TPSA) is 70.7 Å². The van der Waals surface area contributed by atoms with Crippen LogP contribution < -0.4 is 11.2 Å². The Hall–Kier alpha value is -2.56. The highest BCUT2D eigenvalue weighted by Gasteiger charge is 2.13. The van der Waals surface area contributed by atoms with Gasteiger partial charge in [0.15, 0.2) is 0 Å². The molecule has 3 rings (SSSR count). The summed E-state index contributed by atoms with van der Waals surface area (Å²) in [5, 5.41) is 0.588. The van der Waals surface area contributed by atoms with E-state index in [1.54, 1.807) is 4.57 Å². The molecule has 0 aliphatic carbocycles. The van der Waals surface area contributed by atoms with E-state index in [4.69, 9.17) is 0 Å². The Morgan fingerprint density at radius 3 is 2.61 bits per heavy atom. The second kappa shape index (κ2) is 6.69. The minimum absolute atomic E-state index is 0.316. The first-order valence-corrected chi connectivity index (χ1v) is 8.07. The number of H-pyrrole nitrogens is 2. The first-order chi connectivity index (χ1) is 11.2. The molecule has 2 N–H and O–H groups in total. The van der Waals surface area contributed by atoms with Crippen molar-refractivity contribution < 1.29 is 0 Å². The standard InChI is InChI=1S/C18H21N3O2/c1-2-3-7-10-21-16-15(17(22)20-18(21)23)14(12-19-16)11-13-8-5-4-6-9-13/h4-6,8-9,12,19H,2-3,7,10-11H2,1H3,(H,20,22,23). The Bertz CT molecular complexity index is 903. The van der Waals surface area contributed by atoms with E-state index in [0.717, 1.165) is 30.4 Å². The number of fused-ring (bicyclic) bond motifs is 1. The van der Waals surface area contributed by atoms with Crippen LogP contribution in [0.3, 0.4) is 0 Å². The molecule has 0 saturated heterocycles. The molecule has 5 nitrogen and oxygen atoms in total. The number of hydrogen-bond acceptors (Lipinski definition) is 2. The second-order valence-electron chi connectivity index (χ2n) is 5.82. The quantitative estimate of drug-likeness (QED) is 0.687. The molecule has 0 radical (unpaired) electrons. The summed E-state index contributed by atoms with van der Waals surface area (Å²) in [7, 11) is 0. The van der Waals surface area contributed by atoms with Crippen LogP contribution in [0.15, 0.2) is 46.1 Å². The summed E-state index contributed by atoms with van der Waals surface area (Å²) in [6, 6.07) is 10.00. The van der Waals surface area contributed by atoms with E-state index < -0.39 is 0 Å². The molecule has 0 saturated carbocycles. The van der Waals surface area contributed by atoms with Gasteiger partial charge in [0.1, 0.15) is 5.65 Å². The number of aromatic amines is 2. The Labute approximate surface area is 134 Å². The predicted octanol–water partition coefficient (Wildman–Crippen LogP) is 2.80. The lowest BCUT2D eigenvalue weighted by molar-refractivity contribution is 0.588. The van der Waals surface area contributed by atoms with Gasteiger partial charge >= 0.3 is 5.69 Å². The third-order valence-corrected chi connectivity index (χ3v) is 4.13. The van der Waals surface area contributed by atoms with Gasteiger partial charge in [-0.15, -0.1) is 0 Å². The molecule has 0 unspecified atom stereocenters. The van der Waals surface area contributed by atoms with E-state index in [2.05, 4.69) is 16.9 Å². The first kappa shape index (κ1) is 15.3. The summed E-state index contributed by atoms with van der Waals surface area (Å²) in [6.45, 7) is 2.74. The van der Waals surface area contributed by atoms with Crippen molar-refractivity contribution in [3.05, 3.63) is 68.5 Å². The zero-order chi connectivity index (χ0) is 16.2. The molecule has 120 valence electrons. The molecule has 3 aromatic rings. The highest BCUT2D eigenvalue weighted by atomic mass is 16.2. The number of rotatable bonds is 6. The highest BCUT2D eigenvalue weighted by molar-refractivity contribution is 5.79. The van der Waals surface area contributed by atoms with Crippen molar-refractivity contribution in [2.75, 3.05) is 0 Å². The molecule has 0 amide bonds. The Kier molecular flexibility index (Phi) is 4.46. The van der Waals surface area contributed by atoms with Crippen LogP contribution in [0.4, 0.5) is 0 Å². The summed E-state index contributed by atoms with van der Waals surface area (Å²) < 4.78 is 1.64. The lowest BCUT2D eigenvalue weighted by Gasteiger charge is -2.06. The average molecular weight is 311 g/mol. The van der Waals surface area contributed by atoms with Gasteiger partial charge in [-0.1, -0.05) is 50.1 Å². The van der Waals surface area contributed by atoms with Crippen molar-refractivity contribution in [3.8, 4) is 0 Å². The molecule has 0 spiro atoms. The van der Waals surface area contributed by atoms with Crippen molar-refractivity contribution in [3.63, 3.8) is 0 Å². The monoisotopic (exact) mass is 311 g/mol. The van der Waals surface area contributed by atoms with Crippen LogP contribution in [0.2, 0.25) is 0 Å². The number of aryl methyl sites for hydroxylation is 1. The van der Waals surface area contributed by atoms with E-state index in [1.807, 2.05) is 36.5 Å². The minimum atomic E-state index is -0.341. The maximum Gasteiger partial charge on any atom is 0.329 e. The smallest absolute Gasteiger partial charge is 0.329 e. The van der Waals surface area contributed by atoms with Gasteiger partial charge in [0.2, 0.25) is 0 Å². The lowest BCUT2D eigenvalue weighted by Crippen LogP contribution is -2.30. The zero-order valence-corrected chi connectivity index (χ0v) is 13.3. The zero-order valence-electron chi connectivity index (χ0n) is 13.3. The van der Waals surface area contributed by atoms with Gasteiger partial charge in [-0.05, 0) is 24.0 Å². The maximum atomic E-state index is 12.3. The molecule has 2 heterocycles. The van der Waals surface area contributed by atoms with Crippen LogP contribution in [0.1, 0.15) is 37.3 Å². The predicted molar refractivity (Wildman–Crippen MR) is 92.0 cm³/mol. The van der Waals surface area contributed by atoms with Crippen LogP contribution in [0.5, 0.6) is 0 Å². The van der Waals surface area contributed by atoms with Crippen LogP contribution in [-0.4, -0.2) is 14.5 Å². The van der Waals surface area contributed by atoms with Crippen molar-refractivity contribution >= 4 is 11.0 Å². The summed E-state index contributed by atoms with van der Waals surface area (Å²) in [5.74, 6) is 0. The summed E-state index contributed by atoms with van der Waals surface area (Å²) in [6.07, 6.45) is 5.57. The average Bonchev–Trinajstić information content (AvgIpc) is 2.95. The number of unbranched alkanes of at least 4 members (excludes halogenated alkanes) is 2. The molecule has 0 bridgehead atoms. The largest absolute Gasteiger partial charge is 0.347 e. The maximum absolute atomic E-state index is 12.3. The summed E-state index contributed by atoms with van der Waals surface area (Å²) in [4.78, 5) is 29.9. The molecule has 23 heavy (non-hydrogen) atoms. The summed E-state index contributed by atoms with van der Waals surface area (Å²) in [5.41, 5.74) is 2.02. The number of benzene rings is 1. The van der Waals surface area contributed by atoms with Crippen LogP contribution in [-0.2, 0) is 13.0 Å². The molecule has 0 fully saturated rings. The van der Waals surface area contributed by atoms with Crippen LogP contribution in [0, 0.1) is 0 Å². The Morgan fingerprint density at radius 2 is 1.87 bits per heavy atom. The number of hydrogen-bond donors (Lipinski definition) is 2. The molecular formula is C18H21N3O2. The van der Waals surface area contributed by atoms with Crippen molar-refractivity contribution in [2.24, 2.45) is 0 Å². The van der Waals surface area contributed by atoms with Crippen molar-refractivity contribution in [1.82, 2.24) is 14.5 Å². The van der Waals surface area contributed by atoms with E-state index in [0.29, 0.717) is 24.0 Å². The van der Waals surface area contributed by atoms with Gasteiger partial charge in [0, 0.05) is 12.7 Å². The first-order valence-electron chi connectivity index (χ1n) is 8.07. The minimum Gasteiger partial charge on any atom is -0.347 e. The van der Waals surface area contributed by atoms with Gasteiger partial charge < -0.3 is 4.98 Å². The van der Waals surface area contributed by atoms with E-state index in [-0.39, 0.29) is 11.2 Å². The Morgan fingerprint density at radius 1 is 1.09 bits per heavy atom. The number of aromatic nitrogens is 3. The van der Waals surface area contributed by atoms with E-state index in [9.17, 15) is 9.59 Å². The van der Waals surface area contributed by atoms with Gasteiger partial charge in [0.05, 0.1) is 5.39 Å². The van der Waals surface area contributed by atoms with Crippen LogP contribution >= 0.6 is 0 Å². The van der Waals surface area contributed by atoms with Gasteiger partial charge in [-0.25, -0.2) is 4.79 Å². The Balaban J connectivity index is 2.03. The molecule has 0 aliphatic rings. The van der Waals surface area contributed by atoms with Gasteiger partial charge in [-0.3, -0.25) is 14.3 Å². The molecular weight excluding hydrogens is 290 g/mol. The highest BCUT2D eigenvalue weighted by Crippen LogP contribution is 2.17. The third kappa shape index (κ3) is 3.13. The molecule has 2 aromatic heterocycles.